The van der Waals surface area contributed by atoms with Crippen molar-refractivity contribution in [2.45, 2.75) is 44.3 Å². The normalized spacial score (nSPS) is 11.7. The molecule has 3 N–H and O–H groups in total. The summed E-state index contributed by atoms with van der Waals surface area (Å²) >= 11 is 0. The van der Waals surface area contributed by atoms with Crippen molar-refractivity contribution in [2.24, 2.45) is 5.92 Å². The lowest BCUT2D eigenvalue weighted by Crippen LogP contribution is -2.16. The summed E-state index contributed by atoms with van der Waals surface area (Å²) in [6, 6.07) is 17.7. The Kier molecular flexibility index (Phi) is 7.83. The molecule has 0 fully saturated rings. The van der Waals surface area contributed by atoms with Crippen molar-refractivity contribution >= 4 is 43.6 Å². The molecule has 0 saturated heterocycles. The van der Waals surface area contributed by atoms with Crippen LogP contribution in [0.25, 0.3) is 10.8 Å². The number of aromatic nitrogens is 2. The van der Waals surface area contributed by atoms with Gasteiger partial charge in [-0.3, -0.25) is 4.79 Å². The van der Waals surface area contributed by atoms with Gasteiger partial charge in [-0.05, 0) is 68.0 Å². The number of H-pyrrole nitrogens is 1. The third-order valence-corrected chi connectivity index (χ3v) is 8.13. The lowest BCUT2D eigenvalue weighted by Gasteiger charge is -2.17. The molecule has 0 aliphatic rings. The van der Waals surface area contributed by atoms with Crippen molar-refractivity contribution in [1.29, 1.82) is 0 Å². The summed E-state index contributed by atoms with van der Waals surface area (Å²) in [6.07, 6.45) is 2.48. The maximum atomic E-state index is 12.9. The smallest absolute Gasteiger partial charge is 0.259 e. The Morgan fingerprint density at radius 2 is 1.65 bits per heavy atom. The molecule has 37 heavy (non-hydrogen) atoms. The van der Waals surface area contributed by atoms with Gasteiger partial charge in [0.05, 0.1) is 33.5 Å². The monoisotopic (exact) mass is 520 g/mol. The Morgan fingerprint density at radius 1 is 0.946 bits per heavy atom. The van der Waals surface area contributed by atoms with Crippen LogP contribution < -0.4 is 20.9 Å². The molecule has 194 valence electrons. The molecular weight excluding hydrogens is 488 g/mol. The van der Waals surface area contributed by atoms with Gasteiger partial charge in [-0.25, -0.2) is 13.4 Å². The summed E-state index contributed by atoms with van der Waals surface area (Å²) in [4.78, 5) is 20.4. The second-order valence-electron chi connectivity index (χ2n) is 9.49. The standard InChI is InChI=1S/C28H32N4O4S/c1-18(2)14-16-36-23-11-7-5-9-21(23)31-27-26-20(13-15-29-28(26)33)17-25(32-27)30-22-10-6-8-12-24(22)37(34,35)19(3)4/h5-13,15,17-19H,14,16H2,1-4H3,(H,29,33)(H2,30,31,32). The number of ether oxygens (including phenoxy) is 1. The number of anilines is 4. The molecule has 0 atom stereocenters. The Balaban J connectivity index is 1.76. The number of hydrogen-bond acceptors (Lipinski definition) is 7. The van der Waals surface area contributed by atoms with E-state index in [1.54, 1.807) is 56.4 Å². The number of aromatic amines is 1. The summed E-state index contributed by atoms with van der Waals surface area (Å²) in [6.45, 7) is 8.14. The summed E-state index contributed by atoms with van der Waals surface area (Å²) in [7, 11) is -3.53. The van der Waals surface area contributed by atoms with Crippen LogP contribution in [0.5, 0.6) is 5.75 Å². The molecule has 0 aliphatic carbocycles. The maximum Gasteiger partial charge on any atom is 0.259 e. The first-order valence-corrected chi connectivity index (χ1v) is 13.8. The largest absolute Gasteiger partial charge is 0.491 e. The van der Waals surface area contributed by atoms with Crippen LogP contribution in [0.4, 0.5) is 23.0 Å². The van der Waals surface area contributed by atoms with Gasteiger partial charge in [-0.1, -0.05) is 38.1 Å². The molecule has 0 amide bonds. The number of para-hydroxylation sites is 3. The van der Waals surface area contributed by atoms with Crippen LogP contribution in [0.2, 0.25) is 0 Å². The van der Waals surface area contributed by atoms with E-state index >= 15 is 0 Å². The van der Waals surface area contributed by atoms with Gasteiger partial charge in [0.1, 0.15) is 17.4 Å². The molecule has 2 aromatic carbocycles. The van der Waals surface area contributed by atoms with E-state index in [1.165, 1.54) is 0 Å². The van der Waals surface area contributed by atoms with E-state index < -0.39 is 15.1 Å². The zero-order valence-corrected chi connectivity index (χ0v) is 22.2. The van der Waals surface area contributed by atoms with Crippen molar-refractivity contribution in [1.82, 2.24) is 9.97 Å². The van der Waals surface area contributed by atoms with Gasteiger partial charge < -0.3 is 20.4 Å². The van der Waals surface area contributed by atoms with E-state index in [0.717, 1.165) is 6.42 Å². The number of fused-ring (bicyclic) bond motifs is 1. The van der Waals surface area contributed by atoms with Crippen LogP contribution in [0.3, 0.4) is 0 Å². The number of hydrogen-bond donors (Lipinski definition) is 3. The number of sulfone groups is 1. The van der Waals surface area contributed by atoms with Gasteiger partial charge in [0.15, 0.2) is 9.84 Å². The average molecular weight is 521 g/mol. The van der Waals surface area contributed by atoms with Crippen LogP contribution >= 0.6 is 0 Å². The molecular formula is C28H32N4O4S. The quantitative estimate of drug-likeness (QED) is 0.234. The summed E-state index contributed by atoms with van der Waals surface area (Å²) in [5.41, 5.74) is 0.791. The van der Waals surface area contributed by atoms with Crippen molar-refractivity contribution in [3.05, 3.63) is 77.2 Å². The van der Waals surface area contributed by atoms with Crippen LogP contribution in [0.1, 0.15) is 34.1 Å². The van der Waals surface area contributed by atoms with E-state index in [4.69, 9.17) is 4.74 Å². The highest BCUT2D eigenvalue weighted by molar-refractivity contribution is 7.92. The summed E-state index contributed by atoms with van der Waals surface area (Å²) in [5.74, 6) is 1.88. The van der Waals surface area contributed by atoms with E-state index in [2.05, 4.69) is 34.4 Å². The van der Waals surface area contributed by atoms with Crippen LogP contribution in [0.15, 0.2) is 76.6 Å². The molecule has 4 rings (SSSR count). The third kappa shape index (κ3) is 5.94. The molecule has 0 bridgehead atoms. The minimum atomic E-state index is -3.53. The van der Waals surface area contributed by atoms with Gasteiger partial charge in [-0.2, -0.15) is 0 Å². The first kappa shape index (κ1) is 26.2. The predicted molar refractivity (Wildman–Crippen MR) is 149 cm³/mol. The molecule has 8 nitrogen and oxygen atoms in total. The summed E-state index contributed by atoms with van der Waals surface area (Å²) in [5, 5.41) is 6.87. The lowest BCUT2D eigenvalue weighted by molar-refractivity contribution is 0.291. The van der Waals surface area contributed by atoms with Crippen molar-refractivity contribution in [2.75, 3.05) is 17.2 Å². The maximum absolute atomic E-state index is 12.9. The van der Waals surface area contributed by atoms with Gasteiger partial charge in [0.25, 0.3) is 5.56 Å². The number of benzene rings is 2. The molecule has 9 heteroatoms. The highest BCUT2D eigenvalue weighted by Crippen LogP contribution is 2.33. The minimum Gasteiger partial charge on any atom is -0.491 e. The Morgan fingerprint density at radius 3 is 2.38 bits per heavy atom. The number of nitrogens with zero attached hydrogens (tertiary/aromatic N) is 1. The predicted octanol–water partition coefficient (Wildman–Crippen LogP) is 6.02. The van der Waals surface area contributed by atoms with Crippen molar-refractivity contribution < 1.29 is 13.2 Å². The van der Waals surface area contributed by atoms with E-state index in [9.17, 15) is 13.2 Å². The zero-order chi connectivity index (χ0) is 26.6. The van der Waals surface area contributed by atoms with E-state index in [1.807, 2.05) is 24.3 Å². The first-order valence-electron chi connectivity index (χ1n) is 12.3. The van der Waals surface area contributed by atoms with Crippen molar-refractivity contribution in [3.8, 4) is 5.75 Å². The van der Waals surface area contributed by atoms with E-state index in [-0.39, 0.29) is 10.5 Å². The molecule has 4 aromatic rings. The highest BCUT2D eigenvalue weighted by Gasteiger charge is 2.23. The second-order valence-corrected chi connectivity index (χ2v) is 12.0. The van der Waals surface area contributed by atoms with Gasteiger partial charge >= 0.3 is 0 Å². The zero-order valence-electron chi connectivity index (χ0n) is 21.4. The highest BCUT2D eigenvalue weighted by atomic mass is 32.2. The molecule has 0 spiro atoms. The molecule has 0 radical (unpaired) electrons. The minimum absolute atomic E-state index is 0.191. The fraction of sp³-hybridized carbons (Fsp3) is 0.286. The van der Waals surface area contributed by atoms with Crippen molar-refractivity contribution in [3.63, 3.8) is 0 Å². The summed E-state index contributed by atoms with van der Waals surface area (Å²) < 4.78 is 31.9. The lowest BCUT2D eigenvalue weighted by atomic mass is 10.1. The molecule has 2 aromatic heterocycles. The third-order valence-electron chi connectivity index (χ3n) is 5.92. The number of rotatable bonds is 10. The fourth-order valence-electron chi connectivity index (χ4n) is 3.81. The average Bonchev–Trinajstić information content (AvgIpc) is 2.85. The first-order chi connectivity index (χ1) is 17.7. The second kappa shape index (κ2) is 11.0. The molecule has 0 aliphatic heterocycles. The topological polar surface area (TPSA) is 113 Å². The van der Waals surface area contributed by atoms with Gasteiger partial charge in [0, 0.05) is 6.20 Å². The molecule has 0 unspecified atom stereocenters. The Hall–Kier alpha value is -3.85. The van der Waals surface area contributed by atoms with Crippen LogP contribution in [-0.2, 0) is 9.84 Å². The van der Waals surface area contributed by atoms with E-state index in [0.29, 0.717) is 52.1 Å². The van der Waals surface area contributed by atoms with Gasteiger partial charge in [0.2, 0.25) is 0 Å². The Bertz CT molecular complexity index is 1560. The van der Waals surface area contributed by atoms with Gasteiger partial charge in [-0.15, -0.1) is 0 Å². The van der Waals surface area contributed by atoms with Crippen LogP contribution in [0, 0.1) is 5.92 Å². The fourth-order valence-corrected chi connectivity index (χ4v) is 5.01. The van der Waals surface area contributed by atoms with Crippen LogP contribution in [-0.4, -0.2) is 30.2 Å². The Labute approximate surface area is 217 Å². The molecule has 2 heterocycles. The number of nitrogens with one attached hydrogen (secondary N) is 3. The number of pyridine rings is 2. The SMILES string of the molecule is CC(C)CCOc1ccccc1Nc1nc(Nc2ccccc2S(=O)(=O)C(C)C)cc2cc[nH]c(=O)c12. The molecule has 0 saturated carbocycles.